The highest BCUT2D eigenvalue weighted by Gasteiger charge is 2.38. The number of thiazole rings is 1. The summed E-state index contributed by atoms with van der Waals surface area (Å²) < 4.78 is 10.6. The first-order valence-corrected chi connectivity index (χ1v) is 11.5. The van der Waals surface area contributed by atoms with E-state index in [4.69, 9.17) is 27.9 Å². The van der Waals surface area contributed by atoms with Crippen LogP contribution in [0.1, 0.15) is 10.4 Å². The fourth-order valence-corrected chi connectivity index (χ4v) is 5.27. The second-order valence-corrected chi connectivity index (χ2v) is 9.29. The number of halogens is 2. The van der Waals surface area contributed by atoms with Gasteiger partial charge in [-0.25, -0.2) is 14.7 Å². The molecule has 0 atom stereocenters. The molecule has 2 aromatic carbocycles. The number of rotatable bonds is 4. The smallest absolute Gasteiger partial charge is 0.331 e. The number of aliphatic imine (C=N–C) groups is 1. The Bertz CT molecular complexity index is 1370. The van der Waals surface area contributed by atoms with Crippen LogP contribution in [0.4, 0.5) is 5.13 Å². The lowest BCUT2D eigenvalue weighted by atomic mass is 10.2. The van der Waals surface area contributed by atoms with Crippen LogP contribution in [0.5, 0.6) is 5.75 Å². The monoisotopic (exact) mass is 521 g/mol. The molecule has 3 aromatic rings. The number of hydrogen-bond acceptors (Lipinski definition) is 8. The molecule has 0 N–H and O–H groups in total. The van der Waals surface area contributed by atoms with E-state index in [0.717, 1.165) is 22.5 Å². The third kappa shape index (κ3) is 4.74. The number of carbonyl (C=O) groups is 3. The summed E-state index contributed by atoms with van der Waals surface area (Å²) in [4.78, 5) is 47.5. The molecule has 2 amide bonds. The Morgan fingerprint density at radius 2 is 1.94 bits per heavy atom. The molecule has 12 heteroatoms. The quantitative estimate of drug-likeness (QED) is 0.354. The molecule has 0 saturated carbocycles. The molecular formula is C21H13Cl2N3O5S2. The largest absolute Gasteiger partial charge is 0.497 e. The van der Waals surface area contributed by atoms with Crippen LogP contribution in [0.25, 0.3) is 10.2 Å². The molecule has 4 rings (SSSR count). The van der Waals surface area contributed by atoms with Gasteiger partial charge in [-0.3, -0.25) is 9.59 Å². The standard InChI is InChI=1S/C21H13Cl2N3O5S2/c1-30-11-4-6-14-15(8-11)32-20(24-14)26-19(29)16(9-17(27)31-2)33-21(26)25-18(28)12-5-3-10(22)7-13(12)23/h3-9H,1-2H3/b16-9-,25-21?. The van der Waals surface area contributed by atoms with Crippen molar-refractivity contribution in [1.29, 1.82) is 0 Å². The zero-order valence-corrected chi connectivity index (χ0v) is 20.1. The van der Waals surface area contributed by atoms with E-state index in [1.165, 1.54) is 41.5 Å². The van der Waals surface area contributed by atoms with E-state index in [9.17, 15) is 14.4 Å². The maximum atomic E-state index is 13.1. The molecule has 0 bridgehead atoms. The highest BCUT2D eigenvalue weighted by atomic mass is 35.5. The molecule has 0 radical (unpaired) electrons. The summed E-state index contributed by atoms with van der Waals surface area (Å²) in [5, 5.41) is 0.787. The highest BCUT2D eigenvalue weighted by Crippen LogP contribution is 2.39. The van der Waals surface area contributed by atoms with Crippen LogP contribution in [0.2, 0.25) is 10.0 Å². The van der Waals surface area contributed by atoms with Crippen molar-refractivity contribution in [1.82, 2.24) is 4.98 Å². The van der Waals surface area contributed by atoms with Crippen LogP contribution in [0.3, 0.4) is 0 Å². The Hall–Kier alpha value is -2.92. The van der Waals surface area contributed by atoms with Gasteiger partial charge in [-0.2, -0.15) is 4.99 Å². The minimum atomic E-state index is -0.715. The predicted octanol–water partition coefficient (Wildman–Crippen LogP) is 4.94. The topological polar surface area (TPSA) is 98.2 Å². The number of fused-ring (bicyclic) bond motifs is 1. The van der Waals surface area contributed by atoms with E-state index < -0.39 is 17.8 Å². The molecule has 0 spiro atoms. The average Bonchev–Trinajstić information content (AvgIpc) is 3.33. The zero-order valence-electron chi connectivity index (χ0n) is 17.0. The van der Waals surface area contributed by atoms with Gasteiger partial charge in [-0.05, 0) is 48.2 Å². The molecule has 1 saturated heterocycles. The van der Waals surface area contributed by atoms with E-state index in [-0.39, 0.29) is 25.8 Å². The Morgan fingerprint density at radius 1 is 1.15 bits per heavy atom. The number of esters is 1. The van der Waals surface area contributed by atoms with Gasteiger partial charge < -0.3 is 9.47 Å². The van der Waals surface area contributed by atoms with Crippen LogP contribution in [-0.2, 0) is 14.3 Å². The molecular weight excluding hydrogens is 509 g/mol. The molecule has 0 unspecified atom stereocenters. The summed E-state index contributed by atoms with van der Waals surface area (Å²) in [6.07, 6.45) is 1.04. The van der Waals surface area contributed by atoms with Gasteiger partial charge in [0.25, 0.3) is 11.8 Å². The van der Waals surface area contributed by atoms with Gasteiger partial charge in [0.15, 0.2) is 10.3 Å². The first-order valence-electron chi connectivity index (χ1n) is 9.15. The molecule has 2 heterocycles. The number of nitrogens with zero attached hydrogens (tertiary/aromatic N) is 3. The molecule has 0 aliphatic carbocycles. The molecule has 1 aliphatic heterocycles. The van der Waals surface area contributed by atoms with Crippen molar-refractivity contribution in [3.63, 3.8) is 0 Å². The van der Waals surface area contributed by atoms with Crippen LogP contribution >= 0.6 is 46.3 Å². The van der Waals surface area contributed by atoms with Gasteiger partial charge >= 0.3 is 5.97 Å². The lowest BCUT2D eigenvalue weighted by Crippen LogP contribution is -2.29. The summed E-state index contributed by atoms with van der Waals surface area (Å²) in [7, 11) is 2.75. The van der Waals surface area contributed by atoms with Crippen molar-refractivity contribution in [3.8, 4) is 5.75 Å². The minimum Gasteiger partial charge on any atom is -0.497 e. The first-order chi connectivity index (χ1) is 15.8. The lowest BCUT2D eigenvalue weighted by Gasteiger charge is -2.11. The Kier molecular flexibility index (Phi) is 6.71. The van der Waals surface area contributed by atoms with Crippen LogP contribution in [0.15, 0.2) is 52.4 Å². The number of thioether (sulfide) groups is 1. The van der Waals surface area contributed by atoms with Crippen molar-refractivity contribution in [2.45, 2.75) is 0 Å². The Balaban J connectivity index is 1.79. The van der Waals surface area contributed by atoms with Gasteiger partial charge in [-0.1, -0.05) is 34.5 Å². The van der Waals surface area contributed by atoms with E-state index >= 15 is 0 Å². The number of amidine groups is 1. The van der Waals surface area contributed by atoms with E-state index in [0.29, 0.717) is 16.3 Å². The average molecular weight is 522 g/mol. The summed E-state index contributed by atoms with van der Waals surface area (Å²) >= 11 is 14.1. The molecule has 8 nitrogen and oxygen atoms in total. The van der Waals surface area contributed by atoms with Gasteiger partial charge in [0.05, 0.1) is 39.9 Å². The van der Waals surface area contributed by atoms with Crippen LogP contribution in [-0.4, -0.2) is 42.2 Å². The van der Waals surface area contributed by atoms with Crippen molar-refractivity contribution in [2.75, 3.05) is 19.1 Å². The zero-order chi connectivity index (χ0) is 23.7. The number of amides is 2. The Morgan fingerprint density at radius 3 is 2.64 bits per heavy atom. The number of ether oxygens (including phenoxy) is 2. The summed E-state index contributed by atoms with van der Waals surface area (Å²) in [6.45, 7) is 0. The SMILES string of the molecule is COC(=O)/C=C1\SC(=NC(=O)c2ccc(Cl)cc2Cl)N(c2nc3ccc(OC)cc3s2)C1=O. The molecule has 1 fully saturated rings. The third-order valence-corrected chi connectivity index (χ3v) is 6.91. The first kappa shape index (κ1) is 23.2. The van der Waals surface area contributed by atoms with Crippen molar-refractivity contribution < 1.29 is 23.9 Å². The summed E-state index contributed by atoms with van der Waals surface area (Å²) in [6, 6.07) is 9.65. The Labute approximate surface area is 205 Å². The molecule has 168 valence electrons. The van der Waals surface area contributed by atoms with Crippen molar-refractivity contribution >= 4 is 84.6 Å². The molecule has 1 aromatic heterocycles. The highest BCUT2D eigenvalue weighted by molar-refractivity contribution is 8.19. The normalized spacial score (nSPS) is 16.1. The fourth-order valence-electron chi connectivity index (χ4n) is 2.81. The van der Waals surface area contributed by atoms with E-state index in [2.05, 4.69) is 14.7 Å². The van der Waals surface area contributed by atoms with Crippen LogP contribution in [0, 0.1) is 0 Å². The molecule has 1 aliphatic rings. The molecule has 33 heavy (non-hydrogen) atoms. The predicted molar refractivity (Wildman–Crippen MR) is 130 cm³/mol. The third-order valence-electron chi connectivity index (χ3n) is 4.39. The second-order valence-electron chi connectivity index (χ2n) is 6.43. The summed E-state index contributed by atoms with van der Waals surface area (Å²) in [5.74, 6) is -1.33. The fraction of sp³-hybridized carbons (Fsp3) is 0.0952. The van der Waals surface area contributed by atoms with Crippen molar-refractivity contribution in [3.05, 3.63) is 63.0 Å². The summed E-state index contributed by atoms with van der Waals surface area (Å²) in [5.41, 5.74) is 0.742. The lowest BCUT2D eigenvalue weighted by molar-refractivity contribution is -0.135. The van der Waals surface area contributed by atoms with E-state index in [1.807, 2.05) is 0 Å². The second kappa shape index (κ2) is 9.52. The minimum absolute atomic E-state index is 0.0252. The van der Waals surface area contributed by atoms with Crippen LogP contribution < -0.4 is 9.64 Å². The number of hydrogen-bond donors (Lipinski definition) is 0. The van der Waals surface area contributed by atoms with Gasteiger partial charge in [0.2, 0.25) is 0 Å². The number of benzene rings is 2. The van der Waals surface area contributed by atoms with Gasteiger partial charge in [0.1, 0.15) is 5.75 Å². The maximum Gasteiger partial charge on any atom is 0.331 e. The van der Waals surface area contributed by atoms with Gasteiger partial charge in [0, 0.05) is 11.1 Å². The number of carbonyl (C=O) groups excluding carboxylic acids is 3. The number of aromatic nitrogens is 1. The number of anilines is 1. The number of methoxy groups -OCH3 is 2. The maximum absolute atomic E-state index is 13.1. The van der Waals surface area contributed by atoms with Crippen molar-refractivity contribution in [2.24, 2.45) is 4.99 Å². The van der Waals surface area contributed by atoms with E-state index in [1.54, 1.807) is 25.3 Å². The van der Waals surface area contributed by atoms with Gasteiger partial charge in [-0.15, -0.1) is 0 Å².